The van der Waals surface area contributed by atoms with Gasteiger partial charge >= 0.3 is 0 Å². The molecule has 0 radical (unpaired) electrons. The molecule has 0 fully saturated rings. The summed E-state index contributed by atoms with van der Waals surface area (Å²) in [6.45, 7) is 12.2. The van der Waals surface area contributed by atoms with Gasteiger partial charge in [-0.1, -0.05) is 71.2 Å². The molecule has 1 heterocycles. The molecule has 1 rings (SSSR count). The molecule has 1 aromatic rings. The van der Waals surface area contributed by atoms with E-state index in [9.17, 15) is 0 Å². The van der Waals surface area contributed by atoms with Gasteiger partial charge in [-0.2, -0.15) is 0 Å². The van der Waals surface area contributed by atoms with Gasteiger partial charge in [0, 0.05) is 11.5 Å². The van der Waals surface area contributed by atoms with Crippen molar-refractivity contribution in [1.29, 1.82) is 0 Å². The predicted octanol–water partition coefficient (Wildman–Crippen LogP) is 5.24. The van der Waals surface area contributed by atoms with Gasteiger partial charge in [0.05, 0.1) is 10.6 Å². The third kappa shape index (κ3) is 6.43. The van der Waals surface area contributed by atoms with Crippen LogP contribution in [0, 0.1) is 0 Å². The Morgan fingerprint density at radius 3 is 2.38 bits per heavy atom. The summed E-state index contributed by atoms with van der Waals surface area (Å²) in [4.78, 5) is 1.35. The van der Waals surface area contributed by atoms with Crippen molar-refractivity contribution in [2.75, 3.05) is 6.54 Å². The molecule has 0 aliphatic heterocycles. The zero-order chi connectivity index (χ0) is 15.7. The van der Waals surface area contributed by atoms with E-state index in [-0.39, 0.29) is 5.41 Å². The maximum Gasteiger partial charge on any atom is 0.0857 e. The summed E-state index contributed by atoms with van der Waals surface area (Å²) >= 11 is 1.58. The Bertz CT molecular complexity index is 382. The quantitative estimate of drug-likeness (QED) is 0.601. The highest BCUT2D eigenvalue weighted by atomic mass is 32.1. The van der Waals surface area contributed by atoms with E-state index in [0.717, 1.165) is 6.54 Å². The Labute approximate surface area is 135 Å². The molecular formula is C17H33N3S. The van der Waals surface area contributed by atoms with Crippen LogP contribution in [0.4, 0.5) is 0 Å². The normalized spacial score (nSPS) is 13.6. The second kappa shape index (κ2) is 9.52. The van der Waals surface area contributed by atoms with E-state index in [0.29, 0.717) is 6.04 Å². The molecule has 0 amide bonds. The fraction of sp³-hybridized carbons (Fsp3) is 0.882. The first-order valence-electron chi connectivity index (χ1n) is 8.56. The molecule has 0 saturated heterocycles. The van der Waals surface area contributed by atoms with Crippen molar-refractivity contribution in [3.8, 4) is 0 Å². The molecule has 3 nitrogen and oxygen atoms in total. The predicted molar refractivity (Wildman–Crippen MR) is 93.0 cm³/mol. The third-order valence-electron chi connectivity index (χ3n) is 3.78. The van der Waals surface area contributed by atoms with Crippen LogP contribution < -0.4 is 5.32 Å². The van der Waals surface area contributed by atoms with Crippen LogP contribution >= 0.6 is 11.5 Å². The maximum absolute atomic E-state index is 4.40. The van der Waals surface area contributed by atoms with Crippen LogP contribution in [0.2, 0.25) is 0 Å². The van der Waals surface area contributed by atoms with Crippen molar-refractivity contribution < 1.29 is 0 Å². The number of aromatic nitrogens is 2. The van der Waals surface area contributed by atoms with E-state index >= 15 is 0 Å². The van der Waals surface area contributed by atoms with Gasteiger partial charge in [0.25, 0.3) is 0 Å². The van der Waals surface area contributed by atoms with E-state index in [1.165, 1.54) is 55.5 Å². The summed E-state index contributed by atoms with van der Waals surface area (Å²) in [5, 5.41) is 8.11. The largest absolute Gasteiger partial charge is 0.309 e. The van der Waals surface area contributed by atoms with Crippen LogP contribution in [0.5, 0.6) is 0 Å². The van der Waals surface area contributed by atoms with Crippen molar-refractivity contribution in [1.82, 2.24) is 14.9 Å². The first-order chi connectivity index (χ1) is 10.0. The number of nitrogens with zero attached hydrogens (tertiary/aromatic N) is 2. The minimum absolute atomic E-state index is 0.0800. The zero-order valence-electron chi connectivity index (χ0n) is 14.5. The molecule has 1 unspecified atom stereocenters. The third-order valence-corrected chi connectivity index (χ3v) is 4.62. The SMILES string of the molecule is CCCCCCCC(NCCC)c1snnc1C(C)(C)C. The van der Waals surface area contributed by atoms with Crippen LogP contribution in [0.15, 0.2) is 0 Å². The molecule has 0 saturated carbocycles. The lowest BCUT2D eigenvalue weighted by atomic mass is 9.89. The first kappa shape index (κ1) is 18.6. The average molecular weight is 312 g/mol. The van der Waals surface area contributed by atoms with Gasteiger partial charge in [-0.3, -0.25) is 0 Å². The van der Waals surface area contributed by atoms with E-state index < -0.39 is 0 Å². The second-order valence-corrected chi connectivity index (χ2v) is 7.73. The van der Waals surface area contributed by atoms with Gasteiger partial charge < -0.3 is 5.32 Å². The Morgan fingerprint density at radius 1 is 1.05 bits per heavy atom. The van der Waals surface area contributed by atoms with Gasteiger partial charge in [0.2, 0.25) is 0 Å². The van der Waals surface area contributed by atoms with Crippen molar-refractivity contribution in [2.45, 2.75) is 91.0 Å². The lowest BCUT2D eigenvalue weighted by molar-refractivity contribution is 0.459. The highest BCUT2D eigenvalue weighted by molar-refractivity contribution is 7.05. The molecule has 0 spiro atoms. The highest BCUT2D eigenvalue weighted by Gasteiger charge is 2.26. The summed E-state index contributed by atoms with van der Waals surface area (Å²) in [5.41, 5.74) is 1.26. The smallest absolute Gasteiger partial charge is 0.0857 e. The van der Waals surface area contributed by atoms with E-state index in [2.05, 4.69) is 49.5 Å². The van der Waals surface area contributed by atoms with Crippen LogP contribution in [-0.2, 0) is 5.41 Å². The monoisotopic (exact) mass is 311 g/mol. The molecule has 122 valence electrons. The molecule has 1 N–H and O–H groups in total. The molecule has 21 heavy (non-hydrogen) atoms. The van der Waals surface area contributed by atoms with Crippen molar-refractivity contribution in [3.05, 3.63) is 10.6 Å². The first-order valence-corrected chi connectivity index (χ1v) is 9.34. The summed E-state index contributed by atoms with van der Waals surface area (Å²) < 4.78 is 4.23. The van der Waals surface area contributed by atoms with Crippen LogP contribution in [0.1, 0.15) is 96.2 Å². The van der Waals surface area contributed by atoms with E-state index in [1.807, 2.05) is 0 Å². The van der Waals surface area contributed by atoms with Crippen molar-refractivity contribution in [2.24, 2.45) is 0 Å². The summed E-state index contributed by atoms with van der Waals surface area (Å²) in [5.74, 6) is 0. The number of rotatable bonds is 10. The lowest BCUT2D eigenvalue weighted by Crippen LogP contribution is -2.25. The van der Waals surface area contributed by atoms with Crippen LogP contribution in [-0.4, -0.2) is 16.1 Å². The Balaban J connectivity index is 2.66. The maximum atomic E-state index is 4.40. The zero-order valence-corrected chi connectivity index (χ0v) is 15.4. The van der Waals surface area contributed by atoms with Gasteiger partial charge in [-0.25, -0.2) is 0 Å². The molecule has 1 atom stereocenters. The number of hydrogen-bond acceptors (Lipinski definition) is 4. The summed E-state index contributed by atoms with van der Waals surface area (Å²) in [6.07, 6.45) is 9.05. The van der Waals surface area contributed by atoms with E-state index in [4.69, 9.17) is 0 Å². The lowest BCUT2D eigenvalue weighted by Gasteiger charge is -2.22. The number of nitrogens with one attached hydrogen (secondary N) is 1. The molecule has 0 bridgehead atoms. The topological polar surface area (TPSA) is 37.8 Å². The standard InChI is InChI=1S/C17H33N3S/c1-6-8-9-10-11-12-14(18-13-7-2)15-16(17(3,4)5)19-20-21-15/h14,18H,6-13H2,1-5H3. The van der Waals surface area contributed by atoms with Crippen molar-refractivity contribution >= 4 is 11.5 Å². The number of hydrogen-bond donors (Lipinski definition) is 1. The molecule has 0 aliphatic carbocycles. The molecule has 0 aromatic carbocycles. The van der Waals surface area contributed by atoms with Crippen LogP contribution in [0.25, 0.3) is 0 Å². The highest BCUT2D eigenvalue weighted by Crippen LogP contribution is 2.32. The summed E-state index contributed by atoms with van der Waals surface area (Å²) in [7, 11) is 0. The molecule has 4 heteroatoms. The minimum atomic E-state index is 0.0800. The fourth-order valence-corrected chi connectivity index (χ4v) is 3.51. The van der Waals surface area contributed by atoms with Crippen LogP contribution in [0.3, 0.4) is 0 Å². The molecule has 0 aliphatic rings. The Kier molecular flexibility index (Phi) is 8.42. The van der Waals surface area contributed by atoms with Gasteiger partial charge in [0.15, 0.2) is 0 Å². The van der Waals surface area contributed by atoms with Gasteiger partial charge in [-0.05, 0) is 30.9 Å². The number of unbranched alkanes of at least 4 members (excludes halogenated alkanes) is 4. The molecule has 1 aromatic heterocycles. The average Bonchev–Trinajstić information content (AvgIpc) is 2.91. The van der Waals surface area contributed by atoms with E-state index in [1.54, 1.807) is 11.5 Å². The van der Waals surface area contributed by atoms with Gasteiger partial charge in [-0.15, -0.1) is 5.10 Å². The van der Waals surface area contributed by atoms with Crippen molar-refractivity contribution in [3.63, 3.8) is 0 Å². The summed E-state index contributed by atoms with van der Waals surface area (Å²) in [6, 6.07) is 0.431. The second-order valence-electron chi connectivity index (χ2n) is 6.95. The Hall–Kier alpha value is -0.480. The fourth-order valence-electron chi connectivity index (χ4n) is 2.54. The Morgan fingerprint density at radius 2 is 1.76 bits per heavy atom. The van der Waals surface area contributed by atoms with Gasteiger partial charge in [0.1, 0.15) is 0 Å². The minimum Gasteiger partial charge on any atom is -0.309 e. The molecular weight excluding hydrogens is 278 g/mol.